The summed E-state index contributed by atoms with van der Waals surface area (Å²) in [5.41, 5.74) is 2.47. The Morgan fingerprint density at radius 1 is 1.00 bits per heavy atom. The lowest BCUT2D eigenvalue weighted by atomic mass is 10.1. The van der Waals surface area contributed by atoms with E-state index in [-0.39, 0.29) is 11.8 Å². The molecule has 0 atom stereocenters. The summed E-state index contributed by atoms with van der Waals surface area (Å²) in [6.07, 6.45) is 0. The number of anilines is 1. The quantitative estimate of drug-likeness (QED) is 0.591. The fourth-order valence-electron chi connectivity index (χ4n) is 2.93. The second-order valence-corrected chi connectivity index (χ2v) is 7.25. The molecule has 0 spiro atoms. The molecule has 0 aromatic heterocycles. The molecule has 0 saturated carbocycles. The van der Waals surface area contributed by atoms with Gasteiger partial charge in [-0.2, -0.15) is 0 Å². The number of carbonyl (C=O) groups is 2. The largest absolute Gasteiger partial charge is 0.496 e. The van der Waals surface area contributed by atoms with Gasteiger partial charge in [-0.1, -0.05) is 42.5 Å². The maximum absolute atomic E-state index is 13.0. The third kappa shape index (κ3) is 4.84. The molecule has 0 heterocycles. The van der Waals surface area contributed by atoms with E-state index in [1.54, 1.807) is 56.6 Å². The Balaban J connectivity index is 1.80. The average molecular weight is 453 g/mol. The Bertz CT molecular complexity index is 1020. The minimum atomic E-state index is -0.236. The summed E-state index contributed by atoms with van der Waals surface area (Å²) >= 11 is 3.40. The zero-order chi connectivity index (χ0) is 20.8. The number of halogens is 1. The van der Waals surface area contributed by atoms with Crippen LogP contribution in [-0.2, 0) is 6.54 Å². The summed E-state index contributed by atoms with van der Waals surface area (Å²) in [4.78, 5) is 27.2. The fraction of sp³-hybridized carbons (Fsp3) is 0.130. The molecular weight excluding hydrogens is 432 g/mol. The first-order chi connectivity index (χ1) is 14.0. The molecule has 3 aromatic rings. The lowest BCUT2D eigenvalue weighted by molar-refractivity contribution is 0.0951. The van der Waals surface area contributed by atoms with Gasteiger partial charge in [0.1, 0.15) is 5.75 Å². The smallest absolute Gasteiger partial charge is 0.258 e. The molecule has 3 rings (SSSR count). The number of benzene rings is 3. The number of para-hydroxylation sites is 1. The van der Waals surface area contributed by atoms with Gasteiger partial charge in [-0.15, -0.1) is 0 Å². The van der Waals surface area contributed by atoms with Crippen molar-refractivity contribution in [2.75, 3.05) is 19.1 Å². The van der Waals surface area contributed by atoms with E-state index in [4.69, 9.17) is 4.74 Å². The first-order valence-corrected chi connectivity index (χ1v) is 9.83. The van der Waals surface area contributed by atoms with Gasteiger partial charge in [0.25, 0.3) is 11.8 Å². The van der Waals surface area contributed by atoms with E-state index >= 15 is 0 Å². The SMILES string of the molecule is COc1ccc(C(=O)N(C)c2ccccc2C(=O)NCc2ccccc2)cc1Br. The first-order valence-electron chi connectivity index (χ1n) is 9.04. The minimum Gasteiger partial charge on any atom is -0.496 e. The van der Waals surface area contributed by atoms with Crippen LogP contribution < -0.4 is 15.0 Å². The molecule has 0 aliphatic carbocycles. The number of amides is 2. The van der Waals surface area contributed by atoms with Crippen LogP contribution >= 0.6 is 15.9 Å². The van der Waals surface area contributed by atoms with Crippen LogP contribution in [0.4, 0.5) is 5.69 Å². The van der Waals surface area contributed by atoms with Crippen molar-refractivity contribution in [1.82, 2.24) is 5.32 Å². The van der Waals surface area contributed by atoms with E-state index in [2.05, 4.69) is 21.2 Å². The molecule has 0 saturated heterocycles. The number of methoxy groups -OCH3 is 1. The van der Waals surface area contributed by atoms with Gasteiger partial charge in [0.15, 0.2) is 0 Å². The molecule has 6 heteroatoms. The van der Waals surface area contributed by atoms with E-state index in [0.29, 0.717) is 33.6 Å². The van der Waals surface area contributed by atoms with Crippen molar-refractivity contribution < 1.29 is 14.3 Å². The third-order valence-electron chi connectivity index (χ3n) is 4.51. The highest BCUT2D eigenvalue weighted by Gasteiger charge is 2.20. The van der Waals surface area contributed by atoms with Crippen molar-refractivity contribution in [3.05, 3.63) is 94.0 Å². The summed E-state index contributed by atoms with van der Waals surface area (Å²) in [6, 6.07) is 21.9. The molecule has 3 aromatic carbocycles. The average Bonchev–Trinajstić information content (AvgIpc) is 2.77. The van der Waals surface area contributed by atoms with Gasteiger partial charge < -0.3 is 15.0 Å². The molecule has 5 nitrogen and oxygen atoms in total. The van der Waals surface area contributed by atoms with Crippen molar-refractivity contribution in [3.8, 4) is 5.75 Å². The number of hydrogen-bond donors (Lipinski definition) is 1. The highest BCUT2D eigenvalue weighted by Crippen LogP contribution is 2.27. The molecule has 0 aliphatic rings. The van der Waals surface area contributed by atoms with E-state index < -0.39 is 0 Å². The van der Waals surface area contributed by atoms with E-state index in [9.17, 15) is 9.59 Å². The number of nitrogens with one attached hydrogen (secondary N) is 1. The maximum atomic E-state index is 13.0. The van der Waals surface area contributed by atoms with Gasteiger partial charge in [-0.3, -0.25) is 9.59 Å². The number of rotatable bonds is 6. The summed E-state index contributed by atoms with van der Waals surface area (Å²) < 4.78 is 5.90. The summed E-state index contributed by atoms with van der Waals surface area (Å²) in [5.74, 6) is 0.182. The Morgan fingerprint density at radius 3 is 2.38 bits per heavy atom. The van der Waals surface area contributed by atoms with Crippen molar-refractivity contribution in [2.45, 2.75) is 6.54 Å². The van der Waals surface area contributed by atoms with Crippen molar-refractivity contribution in [3.63, 3.8) is 0 Å². The number of carbonyl (C=O) groups excluding carboxylic acids is 2. The predicted molar refractivity (Wildman–Crippen MR) is 117 cm³/mol. The molecular formula is C23H21BrN2O3. The first kappa shape index (κ1) is 20.6. The van der Waals surface area contributed by atoms with Gasteiger partial charge >= 0.3 is 0 Å². The van der Waals surface area contributed by atoms with E-state index in [1.807, 2.05) is 30.3 Å². The molecule has 0 unspecified atom stereocenters. The fourth-order valence-corrected chi connectivity index (χ4v) is 3.47. The highest BCUT2D eigenvalue weighted by molar-refractivity contribution is 9.10. The molecule has 2 amide bonds. The molecule has 0 fully saturated rings. The van der Waals surface area contributed by atoms with Crippen LogP contribution in [-0.4, -0.2) is 26.0 Å². The second kappa shape index (κ2) is 9.39. The summed E-state index contributed by atoms with van der Waals surface area (Å²) in [5, 5.41) is 2.91. The summed E-state index contributed by atoms with van der Waals surface area (Å²) in [7, 11) is 3.22. The number of hydrogen-bond acceptors (Lipinski definition) is 3. The zero-order valence-corrected chi connectivity index (χ0v) is 17.8. The molecule has 148 valence electrons. The van der Waals surface area contributed by atoms with Gasteiger partial charge in [-0.25, -0.2) is 0 Å². The van der Waals surface area contributed by atoms with Crippen molar-refractivity contribution in [2.24, 2.45) is 0 Å². The van der Waals surface area contributed by atoms with Crippen LogP contribution in [0.25, 0.3) is 0 Å². The Hall–Kier alpha value is -3.12. The molecule has 0 aliphatic heterocycles. The molecule has 1 N–H and O–H groups in total. The van der Waals surface area contributed by atoms with Crippen LogP contribution in [0, 0.1) is 0 Å². The van der Waals surface area contributed by atoms with Crippen molar-refractivity contribution >= 4 is 33.4 Å². The lowest BCUT2D eigenvalue weighted by Crippen LogP contribution is -2.30. The van der Waals surface area contributed by atoms with Crippen LogP contribution in [0.2, 0.25) is 0 Å². The Labute approximate surface area is 178 Å². The summed E-state index contributed by atoms with van der Waals surface area (Å²) in [6.45, 7) is 0.414. The van der Waals surface area contributed by atoms with Gasteiger partial charge in [-0.05, 0) is 51.8 Å². The number of nitrogens with zero attached hydrogens (tertiary/aromatic N) is 1. The minimum absolute atomic E-state index is 0.225. The molecule has 0 bridgehead atoms. The lowest BCUT2D eigenvalue weighted by Gasteiger charge is -2.21. The van der Waals surface area contributed by atoms with Crippen molar-refractivity contribution in [1.29, 1.82) is 0 Å². The van der Waals surface area contributed by atoms with Gasteiger partial charge in [0.2, 0.25) is 0 Å². The van der Waals surface area contributed by atoms with E-state index in [1.165, 1.54) is 4.90 Å². The molecule has 29 heavy (non-hydrogen) atoms. The monoisotopic (exact) mass is 452 g/mol. The van der Waals surface area contributed by atoms with Crippen LogP contribution in [0.3, 0.4) is 0 Å². The Kier molecular flexibility index (Phi) is 6.67. The van der Waals surface area contributed by atoms with Gasteiger partial charge in [0, 0.05) is 19.2 Å². The molecule has 0 radical (unpaired) electrons. The third-order valence-corrected chi connectivity index (χ3v) is 5.13. The topological polar surface area (TPSA) is 58.6 Å². The normalized spacial score (nSPS) is 10.3. The van der Waals surface area contributed by atoms with E-state index in [0.717, 1.165) is 5.56 Å². The zero-order valence-electron chi connectivity index (χ0n) is 16.2. The Morgan fingerprint density at radius 2 is 1.69 bits per heavy atom. The van der Waals surface area contributed by atoms with Gasteiger partial charge in [0.05, 0.1) is 22.8 Å². The van der Waals surface area contributed by atoms with Crippen LogP contribution in [0.5, 0.6) is 5.75 Å². The van der Waals surface area contributed by atoms with Crippen LogP contribution in [0.15, 0.2) is 77.3 Å². The van der Waals surface area contributed by atoms with Crippen LogP contribution in [0.1, 0.15) is 26.3 Å². The second-order valence-electron chi connectivity index (χ2n) is 6.40. The number of ether oxygens (including phenoxy) is 1. The standard InChI is InChI=1S/C23H21BrN2O3/c1-26(23(28)17-12-13-21(29-2)19(24)14-17)20-11-7-6-10-18(20)22(27)25-15-16-8-4-3-5-9-16/h3-14H,15H2,1-2H3,(H,25,27). The predicted octanol–water partition coefficient (Wildman–Crippen LogP) is 4.66. The maximum Gasteiger partial charge on any atom is 0.258 e. The highest BCUT2D eigenvalue weighted by atomic mass is 79.9.